The van der Waals surface area contributed by atoms with Gasteiger partial charge in [0.1, 0.15) is 17.6 Å². The van der Waals surface area contributed by atoms with Crippen LogP contribution in [0.1, 0.15) is 11.7 Å². The van der Waals surface area contributed by atoms with Gasteiger partial charge in [-0.05, 0) is 29.8 Å². The zero-order valence-electron chi connectivity index (χ0n) is 13.2. The van der Waals surface area contributed by atoms with Crippen molar-refractivity contribution in [2.75, 3.05) is 13.1 Å². The Balaban J connectivity index is 0.00000243. The van der Waals surface area contributed by atoms with Crippen molar-refractivity contribution < 1.29 is 22.6 Å². The summed E-state index contributed by atoms with van der Waals surface area (Å²) in [5.74, 6) is 0.124. The molecule has 1 heterocycles. The van der Waals surface area contributed by atoms with Gasteiger partial charge in [-0.2, -0.15) is 0 Å². The number of benzene rings is 2. The number of halogens is 6. The molecule has 2 aromatic rings. The van der Waals surface area contributed by atoms with Gasteiger partial charge in [-0.25, -0.2) is 0 Å². The Morgan fingerprint density at radius 1 is 1.00 bits per heavy atom. The van der Waals surface area contributed by atoms with E-state index in [0.717, 1.165) is 18.7 Å². The molecule has 1 atom stereocenters. The summed E-state index contributed by atoms with van der Waals surface area (Å²) in [4.78, 5) is 0. The lowest BCUT2D eigenvalue weighted by atomic mass is 9.91. The van der Waals surface area contributed by atoms with Crippen molar-refractivity contribution in [2.45, 2.75) is 12.5 Å². The van der Waals surface area contributed by atoms with E-state index in [4.69, 9.17) is 27.9 Å². The summed E-state index contributed by atoms with van der Waals surface area (Å²) >= 11 is 12.0. The summed E-state index contributed by atoms with van der Waals surface area (Å²) in [5, 5.41) is 3.98. The Morgan fingerprint density at radius 2 is 1.69 bits per heavy atom. The molecule has 1 N–H and O–H groups in total. The molecule has 0 spiro atoms. The van der Waals surface area contributed by atoms with Crippen LogP contribution in [0.4, 0.5) is 13.2 Å². The minimum atomic E-state index is -4.75. The average molecular weight is 429 g/mol. The quantitative estimate of drug-likeness (QED) is 0.667. The minimum absolute atomic E-state index is 0. The van der Waals surface area contributed by atoms with Gasteiger partial charge < -0.3 is 14.8 Å². The summed E-state index contributed by atoms with van der Waals surface area (Å²) in [7, 11) is 0. The molecule has 26 heavy (non-hydrogen) atoms. The molecular weight excluding hydrogens is 414 g/mol. The van der Waals surface area contributed by atoms with Crippen LogP contribution in [0.5, 0.6) is 11.5 Å². The van der Waals surface area contributed by atoms with Crippen LogP contribution in [0.25, 0.3) is 0 Å². The first-order valence-corrected chi connectivity index (χ1v) is 8.25. The maximum atomic E-state index is 12.4. The van der Waals surface area contributed by atoms with Crippen LogP contribution in [0.15, 0.2) is 42.5 Å². The van der Waals surface area contributed by atoms with Gasteiger partial charge in [0.05, 0.1) is 10.0 Å². The highest BCUT2D eigenvalue weighted by atomic mass is 35.5. The topological polar surface area (TPSA) is 30.5 Å². The van der Waals surface area contributed by atoms with E-state index in [9.17, 15) is 13.2 Å². The Morgan fingerprint density at radius 3 is 2.27 bits per heavy atom. The summed E-state index contributed by atoms with van der Waals surface area (Å²) in [6, 6.07) is 10.6. The molecule has 142 valence electrons. The van der Waals surface area contributed by atoms with E-state index in [1.54, 1.807) is 24.3 Å². The fourth-order valence-corrected chi connectivity index (χ4v) is 2.85. The van der Waals surface area contributed by atoms with E-state index in [1.165, 1.54) is 18.2 Å². The van der Waals surface area contributed by atoms with Crippen LogP contribution in [-0.4, -0.2) is 19.5 Å². The summed E-state index contributed by atoms with van der Waals surface area (Å²) < 4.78 is 47.0. The van der Waals surface area contributed by atoms with E-state index < -0.39 is 6.36 Å². The van der Waals surface area contributed by atoms with Gasteiger partial charge in [-0.3, -0.25) is 0 Å². The second-order valence-corrected chi connectivity index (χ2v) is 6.47. The largest absolute Gasteiger partial charge is 0.573 e. The molecule has 0 unspecified atom stereocenters. The number of alkyl halides is 3. The van der Waals surface area contributed by atoms with Crippen LogP contribution in [-0.2, 0) is 0 Å². The standard InChI is InChI=1S/C17H14Cl2F3NO2.ClH/c18-14-5-4-10(6-15(14)19)16(11-8-23-9-11)24-12-2-1-3-13(7-12)25-17(20,21)22;/h1-7,11,16,23H,8-9H2;1H/t16-;/m0./s1. The van der Waals surface area contributed by atoms with Crippen molar-refractivity contribution >= 4 is 35.6 Å². The third kappa shape index (κ3) is 5.33. The van der Waals surface area contributed by atoms with Crippen molar-refractivity contribution in [1.82, 2.24) is 5.32 Å². The van der Waals surface area contributed by atoms with E-state index in [-0.39, 0.29) is 35.9 Å². The molecule has 3 nitrogen and oxygen atoms in total. The molecule has 1 aliphatic heterocycles. The number of ether oxygens (including phenoxy) is 2. The monoisotopic (exact) mass is 427 g/mol. The van der Waals surface area contributed by atoms with Crippen LogP contribution < -0.4 is 14.8 Å². The second kappa shape index (κ2) is 8.57. The third-order valence-electron chi connectivity index (χ3n) is 3.82. The SMILES string of the molecule is Cl.FC(F)(F)Oc1cccc(O[C@@H](c2ccc(Cl)c(Cl)c2)C2CNC2)c1. The van der Waals surface area contributed by atoms with Gasteiger partial charge in [0.2, 0.25) is 0 Å². The highest BCUT2D eigenvalue weighted by molar-refractivity contribution is 6.42. The molecule has 0 bridgehead atoms. The lowest BCUT2D eigenvalue weighted by molar-refractivity contribution is -0.274. The fourth-order valence-electron chi connectivity index (χ4n) is 2.54. The molecule has 1 aliphatic rings. The summed E-state index contributed by atoms with van der Waals surface area (Å²) in [6.07, 6.45) is -5.11. The number of hydrogen-bond acceptors (Lipinski definition) is 3. The van der Waals surface area contributed by atoms with Crippen molar-refractivity contribution in [3.05, 3.63) is 58.1 Å². The fraction of sp³-hybridized carbons (Fsp3) is 0.294. The predicted molar refractivity (Wildman–Crippen MR) is 96.6 cm³/mol. The predicted octanol–water partition coefficient (Wildman–Crippen LogP) is 5.65. The molecule has 0 aromatic heterocycles. The lowest BCUT2D eigenvalue weighted by Crippen LogP contribution is -2.46. The zero-order chi connectivity index (χ0) is 18.0. The van der Waals surface area contributed by atoms with Gasteiger partial charge >= 0.3 is 6.36 Å². The van der Waals surface area contributed by atoms with Gasteiger partial charge in [-0.1, -0.05) is 35.3 Å². The molecule has 1 saturated heterocycles. The van der Waals surface area contributed by atoms with Crippen molar-refractivity contribution in [3.8, 4) is 11.5 Å². The van der Waals surface area contributed by atoms with Gasteiger partial charge in [0.25, 0.3) is 0 Å². The van der Waals surface area contributed by atoms with E-state index in [0.29, 0.717) is 10.0 Å². The molecule has 0 aliphatic carbocycles. The van der Waals surface area contributed by atoms with Crippen molar-refractivity contribution in [1.29, 1.82) is 0 Å². The molecular formula is C17H15Cl3F3NO2. The maximum Gasteiger partial charge on any atom is 0.573 e. The normalized spacial score (nSPS) is 15.6. The average Bonchev–Trinajstić information content (AvgIpc) is 2.46. The first-order valence-electron chi connectivity index (χ1n) is 7.50. The molecule has 0 saturated carbocycles. The molecule has 3 rings (SSSR count). The second-order valence-electron chi connectivity index (χ2n) is 5.65. The maximum absolute atomic E-state index is 12.4. The highest BCUT2D eigenvalue weighted by Crippen LogP contribution is 2.35. The third-order valence-corrected chi connectivity index (χ3v) is 4.55. The minimum Gasteiger partial charge on any atom is -0.485 e. The van der Waals surface area contributed by atoms with E-state index in [1.807, 2.05) is 0 Å². The molecule has 1 fully saturated rings. The Hall–Kier alpha value is -1.34. The number of rotatable bonds is 5. The van der Waals surface area contributed by atoms with E-state index in [2.05, 4.69) is 10.1 Å². The molecule has 9 heteroatoms. The summed E-state index contributed by atoms with van der Waals surface area (Å²) in [6.45, 7) is 1.48. The molecule has 0 amide bonds. The number of hydrogen-bond donors (Lipinski definition) is 1. The van der Waals surface area contributed by atoms with Crippen LogP contribution in [0, 0.1) is 5.92 Å². The first-order chi connectivity index (χ1) is 11.8. The van der Waals surface area contributed by atoms with Crippen LogP contribution in [0.3, 0.4) is 0 Å². The smallest absolute Gasteiger partial charge is 0.485 e. The van der Waals surface area contributed by atoms with Gasteiger partial charge in [-0.15, -0.1) is 25.6 Å². The molecule has 2 aromatic carbocycles. The summed E-state index contributed by atoms with van der Waals surface area (Å²) in [5.41, 5.74) is 0.808. The Kier molecular flexibility index (Phi) is 6.91. The van der Waals surface area contributed by atoms with Crippen LogP contribution in [0.2, 0.25) is 10.0 Å². The van der Waals surface area contributed by atoms with Crippen molar-refractivity contribution in [2.24, 2.45) is 5.92 Å². The van der Waals surface area contributed by atoms with Crippen molar-refractivity contribution in [3.63, 3.8) is 0 Å². The van der Waals surface area contributed by atoms with Gasteiger partial charge in [0, 0.05) is 25.1 Å². The van der Waals surface area contributed by atoms with Gasteiger partial charge in [0.15, 0.2) is 0 Å². The first kappa shape index (κ1) is 21.0. The Bertz CT molecular complexity index is 754. The zero-order valence-corrected chi connectivity index (χ0v) is 15.6. The Labute approximate surface area is 164 Å². The number of nitrogens with one attached hydrogen (secondary N) is 1. The highest BCUT2D eigenvalue weighted by Gasteiger charge is 2.32. The lowest BCUT2D eigenvalue weighted by Gasteiger charge is -2.35. The van der Waals surface area contributed by atoms with E-state index >= 15 is 0 Å². The van der Waals surface area contributed by atoms with Crippen LogP contribution >= 0.6 is 35.6 Å². The molecule has 0 radical (unpaired) electrons.